The van der Waals surface area contributed by atoms with Crippen LogP contribution in [0.4, 0.5) is 5.95 Å². The molecule has 0 atom stereocenters. The van der Waals surface area contributed by atoms with E-state index in [1.165, 1.54) is 4.52 Å². The monoisotopic (exact) mass is 209 g/mol. The van der Waals surface area contributed by atoms with Crippen LogP contribution in [0.25, 0.3) is 5.78 Å². The van der Waals surface area contributed by atoms with Gasteiger partial charge in [-0.2, -0.15) is 9.50 Å². The van der Waals surface area contributed by atoms with Gasteiger partial charge in [-0.3, -0.25) is 9.89 Å². The molecule has 2 rings (SSSR count). The van der Waals surface area contributed by atoms with Crippen molar-refractivity contribution in [1.82, 2.24) is 19.6 Å². The van der Waals surface area contributed by atoms with E-state index in [0.29, 0.717) is 11.3 Å². The van der Waals surface area contributed by atoms with Crippen LogP contribution in [-0.2, 0) is 6.42 Å². The first-order valence-corrected chi connectivity index (χ1v) is 4.48. The molecule has 7 nitrogen and oxygen atoms in total. The summed E-state index contributed by atoms with van der Waals surface area (Å²) in [6, 6.07) is 0. The van der Waals surface area contributed by atoms with Crippen LogP contribution >= 0.6 is 0 Å². The van der Waals surface area contributed by atoms with E-state index in [0.717, 1.165) is 0 Å². The second-order valence-electron chi connectivity index (χ2n) is 3.20. The lowest BCUT2D eigenvalue weighted by Crippen LogP contribution is -2.22. The minimum absolute atomic E-state index is 0.0898. The van der Waals surface area contributed by atoms with E-state index < -0.39 is 0 Å². The molecule has 0 radical (unpaired) electrons. The molecular formula is C8H11N5O2. The average molecular weight is 209 g/mol. The van der Waals surface area contributed by atoms with Crippen LogP contribution in [0.1, 0.15) is 11.3 Å². The van der Waals surface area contributed by atoms with Crippen molar-refractivity contribution in [2.75, 3.05) is 12.3 Å². The Morgan fingerprint density at radius 3 is 2.93 bits per heavy atom. The molecule has 2 aromatic heterocycles. The van der Waals surface area contributed by atoms with Gasteiger partial charge in [-0.25, -0.2) is 4.98 Å². The Kier molecular flexibility index (Phi) is 2.16. The predicted molar refractivity (Wildman–Crippen MR) is 53.5 cm³/mol. The molecule has 0 spiro atoms. The number of nitrogens with one attached hydrogen (secondary N) is 1. The molecule has 0 fully saturated rings. The molecule has 4 N–H and O–H groups in total. The summed E-state index contributed by atoms with van der Waals surface area (Å²) in [6.45, 7) is 1.62. The van der Waals surface area contributed by atoms with E-state index in [1.54, 1.807) is 6.92 Å². The second kappa shape index (κ2) is 3.35. The third-order valence-corrected chi connectivity index (χ3v) is 2.17. The van der Waals surface area contributed by atoms with Crippen molar-refractivity contribution in [1.29, 1.82) is 0 Å². The molecule has 0 bridgehead atoms. The van der Waals surface area contributed by atoms with Gasteiger partial charge in [0.2, 0.25) is 5.95 Å². The quantitative estimate of drug-likeness (QED) is 0.578. The number of aliphatic hydroxyl groups is 1. The second-order valence-corrected chi connectivity index (χ2v) is 3.20. The molecule has 0 saturated carbocycles. The number of aromatic amines is 1. The molecule has 0 aliphatic heterocycles. The summed E-state index contributed by atoms with van der Waals surface area (Å²) in [6.07, 6.45) is 0.277. The van der Waals surface area contributed by atoms with Crippen molar-refractivity contribution in [2.45, 2.75) is 13.3 Å². The van der Waals surface area contributed by atoms with E-state index in [-0.39, 0.29) is 30.3 Å². The number of nitrogens with zero attached hydrogens (tertiary/aromatic N) is 3. The molecular weight excluding hydrogens is 198 g/mol. The van der Waals surface area contributed by atoms with Gasteiger partial charge in [-0.05, 0) is 6.92 Å². The Morgan fingerprint density at radius 1 is 1.53 bits per heavy atom. The smallest absolute Gasteiger partial charge is 0.277 e. The van der Waals surface area contributed by atoms with Gasteiger partial charge in [-0.1, -0.05) is 0 Å². The highest BCUT2D eigenvalue weighted by atomic mass is 16.3. The zero-order valence-electron chi connectivity index (χ0n) is 8.19. The van der Waals surface area contributed by atoms with Crippen LogP contribution in [-0.4, -0.2) is 31.3 Å². The van der Waals surface area contributed by atoms with Crippen molar-refractivity contribution >= 4 is 11.7 Å². The number of rotatable bonds is 2. The van der Waals surface area contributed by atoms with Gasteiger partial charge in [-0.15, -0.1) is 0 Å². The van der Waals surface area contributed by atoms with E-state index in [1.807, 2.05) is 0 Å². The number of nitrogens with two attached hydrogens (primary N) is 1. The summed E-state index contributed by atoms with van der Waals surface area (Å²) >= 11 is 0. The molecule has 80 valence electrons. The van der Waals surface area contributed by atoms with Crippen molar-refractivity contribution < 1.29 is 5.11 Å². The Labute approximate surface area is 84.6 Å². The van der Waals surface area contributed by atoms with E-state index in [2.05, 4.69) is 15.1 Å². The fourth-order valence-corrected chi connectivity index (χ4v) is 1.47. The zero-order valence-corrected chi connectivity index (χ0v) is 8.19. The Bertz CT molecular complexity index is 556. The van der Waals surface area contributed by atoms with Gasteiger partial charge < -0.3 is 10.8 Å². The van der Waals surface area contributed by atoms with E-state index in [4.69, 9.17) is 10.8 Å². The van der Waals surface area contributed by atoms with Crippen LogP contribution in [0.15, 0.2) is 4.79 Å². The maximum atomic E-state index is 11.8. The zero-order chi connectivity index (χ0) is 11.0. The first kappa shape index (κ1) is 9.66. The maximum absolute atomic E-state index is 11.8. The minimum Gasteiger partial charge on any atom is -0.396 e. The van der Waals surface area contributed by atoms with Crippen LogP contribution in [0.5, 0.6) is 0 Å². The highest BCUT2D eigenvalue weighted by Crippen LogP contribution is 2.03. The third kappa shape index (κ3) is 1.46. The summed E-state index contributed by atoms with van der Waals surface area (Å²) < 4.78 is 1.17. The number of hydrogen-bond acceptors (Lipinski definition) is 5. The Hall–Kier alpha value is -1.89. The fourth-order valence-electron chi connectivity index (χ4n) is 1.47. The van der Waals surface area contributed by atoms with E-state index in [9.17, 15) is 4.79 Å². The highest BCUT2D eigenvalue weighted by Gasteiger charge is 2.11. The minimum atomic E-state index is -0.268. The predicted octanol–water partition coefficient (Wildman–Crippen LogP) is -1.16. The Balaban J connectivity index is 2.77. The average Bonchev–Trinajstić information content (AvgIpc) is 2.53. The third-order valence-electron chi connectivity index (χ3n) is 2.17. The maximum Gasteiger partial charge on any atom is 0.277 e. The number of fused-ring (bicyclic) bond motifs is 1. The standard InChI is InChI=1S/C8H11N5O2/c1-4-5(2-3-14)6(15)13-8(10-4)11-7(9)12-13/h14H,2-3H2,1H3,(H3,9,10,11,12). The number of H-pyrrole nitrogens is 1. The van der Waals surface area contributed by atoms with Crippen molar-refractivity contribution in [3.05, 3.63) is 21.6 Å². The number of nitrogen functional groups attached to an aromatic ring is 1. The topological polar surface area (TPSA) is 109 Å². The molecule has 0 amide bonds. The summed E-state index contributed by atoms with van der Waals surface area (Å²) in [5.74, 6) is 0.386. The van der Waals surface area contributed by atoms with Gasteiger partial charge >= 0.3 is 0 Å². The molecule has 0 unspecified atom stereocenters. The van der Waals surface area contributed by atoms with Gasteiger partial charge in [0.25, 0.3) is 11.3 Å². The van der Waals surface area contributed by atoms with Crippen LogP contribution in [0.3, 0.4) is 0 Å². The molecule has 0 aliphatic carbocycles. The van der Waals surface area contributed by atoms with E-state index >= 15 is 0 Å². The summed E-state index contributed by atoms with van der Waals surface area (Å²) in [7, 11) is 0. The normalized spacial score (nSPS) is 11.1. The lowest BCUT2D eigenvalue weighted by molar-refractivity contribution is 0.298. The van der Waals surface area contributed by atoms with Crippen molar-refractivity contribution in [3.8, 4) is 0 Å². The van der Waals surface area contributed by atoms with Crippen LogP contribution in [0, 0.1) is 6.92 Å². The first-order chi connectivity index (χ1) is 7.13. The van der Waals surface area contributed by atoms with Gasteiger partial charge in [0.1, 0.15) is 0 Å². The van der Waals surface area contributed by atoms with Crippen LogP contribution in [0.2, 0.25) is 0 Å². The number of aryl methyl sites for hydroxylation is 1. The number of aromatic nitrogens is 4. The van der Waals surface area contributed by atoms with Gasteiger partial charge in [0.15, 0.2) is 0 Å². The number of anilines is 1. The summed E-state index contributed by atoms with van der Waals surface area (Å²) in [5, 5.41) is 11.4. The molecule has 0 saturated heterocycles. The molecule has 2 aromatic rings. The first-order valence-electron chi connectivity index (χ1n) is 4.48. The molecule has 15 heavy (non-hydrogen) atoms. The molecule has 0 aromatic carbocycles. The van der Waals surface area contributed by atoms with Crippen molar-refractivity contribution in [2.24, 2.45) is 0 Å². The van der Waals surface area contributed by atoms with Crippen LogP contribution < -0.4 is 11.3 Å². The summed E-state index contributed by atoms with van der Waals surface area (Å²) in [4.78, 5) is 19.8. The van der Waals surface area contributed by atoms with Gasteiger partial charge in [0, 0.05) is 18.6 Å². The highest BCUT2D eigenvalue weighted by molar-refractivity contribution is 5.36. The Morgan fingerprint density at radius 2 is 2.27 bits per heavy atom. The van der Waals surface area contributed by atoms with Crippen molar-refractivity contribution in [3.63, 3.8) is 0 Å². The molecule has 2 heterocycles. The van der Waals surface area contributed by atoms with Gasteiger partial charge in [0.05, 0.1) is 5.69 Å². The SMILES string of the molecule is Cc1nc2nc(N)[nH]n2c(=O)c1CCO. The lowest BCUT2D eigenvalue weighted by Gasteiger charge is -2.01. The number of hydrogen-bond donors (Lipinski definition) is 3. The fraction of sp³-hybridized carbons (Fsp3) is 0.375. The number of aliphatic hydroxyl groups excluding tert-OH is 1. The molecule has 0 aliphatic rings. The lowest BCUT2D eigenvalue weighted by atomic mass is 10.2. The molecule has 7 heteroatoms. The summed E-state index contributed by atoms with van der Waals surface area (Å²) in [5.41, 5.74) is 6.19. The largest absolute Gasteiger partial charge is 0.396 e.